The van der Waals surface area contributed by atoms with Gasteiger partial charge in [-0.3, -0.25) is 4.90 Å². The Balaban J connectivity index is 1.86. The number of rotatable bonds is 7. The Labute approximate surface area is 118 Å². The van der Waals surface area contributed by atoms with E-state index in [0.717, 1.165) is 31.2 Å². The van der Waals surface area contributed by atoms with Crippen molar-refractivity contribution < 1.29 is 0 Å². The molecule has 1 aromatic heterocycles. The zero-order chi connectivity index (χ0) is 12.8. The molecule has 102 valence electrons. The van der Waals surface area contributed by atoms with E-state index in [1.807, 2.05) is 0 Å². The van der Waals surface area contributed by atoms with Crippen molar-refractivity contribution in [3.63, 3.8) is 0 Å². The number of hydrogen-bond donors (Lipinski definition) is 1. The minimum absolute atomic E-state index is 0.541. The Kier molecular flexibility index (Phi) is 5.82. The molecule has 1 unspecified atom stereocenters. The van der Waals surface area contributed by atoms with E-state index in [-0.39, 0.29) is 0 Å². The maximum Gasteiger partial charge on any atom is 0.207 e. The summed E-state index contributed by atoms with van der Waals surface area (Å²) in [5.74, 6) is 0. The summed E-state index contributed by atoms with van der Waals surface area (Å²) < 4.78 is 0.541. The monoisotopic (exact) mass is 288 g/mol. The maximum absolute atomic E-state index is 5.83. The molecular weight excluding hydrogens is 268 g/mol. The lowest BCUT2D eigenvalue weighted by atomic mass is 10.2. The average molecular weight is 289 g/mol. The highest BCUT2D eigenvalue weighted by atomic mass is 35.5. The molecule has 1 fully saturated rings. The summed E-state index contributed by atoms with van der Waals surface area (Å²) in [6.45, 7) is 6.51. The summed E-state index contributed by atoms with van der Waals surface area (Å²) in [4.78, 5) is 2.48. The highest BCUT2D eigenvalue weighted by molar-refractivity contribution is 7.15. The number of nitrogens with zero attached hydrogens (tertiary/aromatic N) is 3. The van der Waals surface area contributed by atoms with E-state index in [4.69, 9.17) is 11.6 Å². The molecule has 18 heavy (non-hydrogen) atoms. The van der Waals surface area contributed by atoms with E-state index in [9.17, 15) is 0 Å². The van der Waals surface area contributed by atoms with Crippen molar-refractivity contribution in [1.82, 2.24) is 20.4 Å². The molecule has 1 aromatic rings. The van der Waals surface area contributed by atoms with Crippen LogP contribution in [0.15, 0.2) is 0 Å². The van der Waals surface area contributed by atoms with Crippen LogP contribution in [0.1, 0.15) is 37.6 Å². The van der Waals surface area contributed by atoms with Crippen molar-refractivity contribution in [3.05, 3.63) is 9.47 Å². The molecule has 6 heteroatoms. The predicted octanol–water partition coefficient (Wildman–Crippen LogP) is 2.55. The van der Waals surface area contributed by atoms with E-state index in [2.05, 4.69) is 27.3 Å². The van der Waals surface area contributed by atoms with Crippen LogP contribution in [0.25, 0.3) is 0 Å². The van der Waals surface area contributed by atoms with E-state index in [0.29, 0.717) is 10.5 Å². The quantitative estimate of drug-likeness (QED) is 0.837. The van der Waals surface area contributed by atoms with Crippen molar-refractivity contribution in [2.45, 2.75) is 45.2 Å². The van der Waals surface area contributed by atoms with Gasteiger partial charge >= 0.3 is 0 Å². The molecule has 1 N–H and O–H groups in total. The molecule has 1 aliphatic rings. The molecule has 1 atom stereocenters. The van der Waals surface area contributed by atoms with Crippen LogP contribution in [-0.2, 0) is 6.54 Å². The first kappa shape index (κ1) is 14.2. The van der Waals surface area contributed by atoms with Crippen LogP contribution < -0.4 is 5.32 Å². The second-order valence-corrected chi connectivity index (χ2v) is 6.47. The normalized spacial score (nSPS) is 19.8. The second-order valence-electron chi connectivity index (χ2n) is 4.83. The molecule has 2 heterocycles. The van der Waals surface area contributed by atoms with Gasteiger partial charge < -0.3 is 5.32 Å². The zero-order valence-electron chi connectivity index (χ0n) is 10.9. The Bertz CT molecular complexity index is 352. The van der Waals surface area contributed by atoms with E-state index in [1.54, 1.807) is 0 Å². The molecule has 0 amide bonds. The first-order chi connectivity index (χ1) is 8.78. The van der Waals surface area contributed by atoms with Gasteiger partial charge in [-0.15, -0.1) is 10.2 Å². The van der Waals surface area contributed by atoms with Crippen molar-refractivity contribution in [1.29, 1.82) is 0 Å². The van der Waals surface area contributed by atoms with Gasteiger partial charge in [-0.1, -0.05) is 24.7 Å². The summed E-state index contributed by atoms with van der Waals surface area (Å²) in [6, 6.07) is 0.644. The topological polar surface area (TPSA) is 41.1 Å². The molecule has 1 saturated heterocycles. The van der Waals surface area contributed by atoms with Gasteiger partial charge in [0.15, 0.2) is 0 Å². The van der Waals surface area contributed by atoms with Crippen LogP contribution in [0.3, 0.4) is 0 Å². The highest BCUT2D eigenvalue weighted by Crippen LogP contribution is 2.17. The van der Waals surface area contributed by atoms with Gasteiger partial charge in [0.05, 0.1) is 6.54 Å². The summed E-state index contributed by atoms with van der Waals surface area (Å²) in [5.41, 5.74) is 0. The molecule has 0 saturated carbocycles. The largest absolute Gasteiger partial charge is 0.313 e. The van der Waals surface area contributed by atoms with E-state index < -0.39 is 0 Å². The molecule has 4 nitrogen and oxygen atoms in total. The molecule has 0 aliphatic carbocycles. The fourth-order valence-electron chi connectivity index (χ4n) is 2.33. The summed E-state index contributed by atoms with van der Waals surface area (Å²) in [6.07, 6.45) is 5.06. The Morgan fingerprint density at radius 3 is 3.00 bits per heavy atom. The van der Waals surface area contributed by atoms with Gasteiger partial charge in [-0.25, -0.2) is 0 Å². The predicted molar refractivity (Wildman–Crippen MR) is 76.1 cm³/mol. The zero-order valence-corrected chi connectivity index (χ0v) is 12.4. The Morgan fingerprint density at radius 1 is 1.50 bits per heavy atom. The van der Waals surface area contributed by atoms with Crippen molar-refractivity contribution >= 4 is 22.9 Å². The van der Waals surface area contributed by atoms with Gasteiger partial charge in [-0.2, -0.15) is 0 Å². The summed E-state index contributed by atoms with van der Waals surface area (Å²) in [5, 5.41) is 12.6. The third-order valence-corrected chi connectivity index (χ3v) is 4.27. The minimum Gasteiger partial charge on any atom is -0.313 e. The maximum atomic E-state index is 5.83. The second kappa shape index (κ2) is 7.38. The molecule has 1 aliphatic heterocycles. The molecular formula is C12H21ClN4S. The van der Waals surface area contributed by atoms with E-state index in [1.165, 1.54) is 37.0 Å². The van der Waals surface area contributed by atoms with Gasteiger partial charge in [0.25, 0.3) is 0 Å². The summed E-state index contributed by atoms with van der Waals surface area (Å²) >= 11 is 7.32. The Morgan fingerprint density at radius 2 is 2.39 bits per heavy atom. The summed E-state index contributed by atoms with van der Waals surface area (Å²) in [7, 11) is 0. The number of unbranched alkanes of at least 4 members (excludes halogenated alkanes) is 1. The smallest absolute Gasteiger partial charge is 0.207 e. The number of nitrogens with one attached hydrogen (secondary N) is 1. The van der Waals surface area contributed by atoms with Crippen LogP contribution in [0.4, 0.5) is 0 Å². The first-order valence-corrected chi connectivity index (χ1v) is 7.91. The van der Waals surface area contributed by atoms with Gasteiger partial charge in [0.1, 0.15) is 5.01 Å². The fourth-order valence-corrected chi connectivity index (χ4v) is 3.24. The average Bonchev–Trinajstić information content (AvgIpc) is 2.98. The van der Waals surface area contributed by atoms with Crippen molar-refractivity contribution in [2.75, 3.05) is 19.6 Å². The third kappa shape index (κ3) is 4.46. The third-order valence-electron chi connectivity index (χ3n) is 3.27. The molecule has 0 bridgehead atoms. The molecule has 0 spiro atoms. The van der Waals surface area contributed by atoms with Crippen LogP contribution >= 0.6 is 22.9 Å². The minimum atomic E-state index is 0.541. The van der Waals surface area contributed by atoms with Crippen LogP contribution in [0, 0.1) is 0 Å². The van der Waals surface area contributed by atoms with Crippen LogP contribution in [0.5, 0.6) is 0 Å². The van der Waals surface area contributed by atoms with Gasteiger partial charge in [-0.05, 0) is 44.0 Å². The SMILES string of the molecule is CCCCN(Cc1nnc(Cl)s1)CC1CCCN1. The fraction of sp³-hybridized carbons (Fsp3) is 0.833. The number of halogens is 1. The van der Waals surface area contributed by atoms with Gasteiger partial charge in [0.2, 0.25) is 4.47 Å². The molecule has 2 rings (SSSR count). The van der Waals surface area contributed by atoms with Crippen LogP contribution in [-0.4, -0.2) is 40.8 Å². The van der Waals surface area contributed by atoms with Crippen LogP contribution in [0.2, 0.25) is 4.47 Å². The Hall–Kier alpha value is -0.230. The highest BCUT2D eigenvalue weighted by Gasteiger charge is 2.18. The molecule has 0 radical (unpaired) electrons. The lowest BCUT2D eigenvalue weighted by Gasteiger charge is -2.24. The van der Waals surface area contributed by atoms with Gasteiger partial charge in [0, 0.05) is 12.6 Å². The van der Waals surface area contributed by atoms with Crippen molar-refractivity contribution in [2.24, 2.45) is 0 Å². The van der Waals surface area contributed by atoms with E-state index >= 15 is 0 Å². The standard InChI is InChI=1S/C12H21ClN4S/c1-2-3-7-17(8-10-5-4-6-14-10)9-11-15-16-12(13)18-11/h10,14H,2-9H2,1H3. The first-order valence-electron chi connectivity index (χ1n) is 6.71. The van der Waals surface area contributed by atoms with Crippen molar-refractivity contribution in [3.8, 4) is 0 Å². The lowest BCUT2D eigenvalue weighted by Crippen LogP contribution is -2.37. The number of aromatic nitrogens is 2. The lowest BCUT2D eigenvalue weighted by molar-refractivity contribution is 0.237. The number of hydrogen-bond acceptors (Lipinski definition) is 5. The molecule has 0 aromatic carbocycles.